The third-order valence-corrected chi connectivity index (χ3v) is 7.23. The van der Waals surface area contributed by atoms with Gasteiger partial charge in [0, 0.05) is 17.4 Å². The van der Waals surface area contributed by atoms with Crippen LogP contribution >= 0.6 is 11.8 Å². The Morgan fingerprint density at radius 3 is 2.83 bits per heavy atom. The SMILES string of the molecule is CCC(=O)N=C1S[C@@H]2CS(=O)(=O)C[C@@H]2N1c1ccc(C)c(F)c1. The predicted octanol–water partition coefficient (Wildman–Crippen LogP) is 2.15. The molecule has 0 bridgehead atoms. The Labute approximate surface area is 138 Å². The van der Waals surface area contributed by atoms with E-state index < -0.39 is 9.84 Å². The van der Waals surface area contributed by atoms with Crippen molar-refractivity contribution in [2.24, 2.45) is 4.99 Å². The average Bonchev–Trinajstić information content (AvgIpc) is 2.93. The van der Waals surface area contributed by atoms with Gasteiger partial charge in [0.25, 0.3) is 0 Å². The summed E-state index contributed by atoms with van der Waals surface area (Å²) in [5.41, 5.74) is 1.05. The molecule has 8 heteroatoms. The second kappa shape index (κ2) is 5.90. The van der Waals surface area contributed by atoms with Gasteiger partial charge in [-0.15, -0.1) is 0 Å². The summed E-state index contributed by atoms with van der Waals surface area (Å²) in [4.78, 5) is 17.5. The number of anilines is 1. The normalized spacial score (nSPS) is 27.4. The predicted molar refractivity (Wildman–Crippen MR) is 90.2 cm³/mol. The molecule has 2 atom stereocenters. The molecule has 23 heavy (non-hydrogen) atoms. The molecule has 0 unspecified atom stereocenters. The van der Waals surface area contributed by atoms with E-state index in [2.05, 4.69) is 4.99 Å². The lowest BCUT2D eigenvalue weighted by Crippen LogP contribution is -2.37. The number of hydrogen-bond donors (Lipinski definition) is 0. The van der Waals surface area contributed by atoms with Gasteiger partial charge in [0.15, 0.2) is 15.0 Å². The molecule has 0 radical (unpaired) electrons. The van der Waals surface area contributed by atoms with E-state index in [-0.39, 0.29) is 40.9 Å². The fourth-order valence-corrected chi connectivity index (χ4v) is 6.71. The molecule has 3 rings (SSSR count). The second-order valence-electron chi connectivity index (χ2n) is 5.75. The van der Waals surface area contributed by atoms with Crippen LogP contribution in [0.4, 0.5) is 10.1 Å². The van der Waals surface area contributed by atoms with Crippen molar-refractivity contribution >= 4 is 38.4 Å². The maximum atomic E-state index is 13.9. The van der Waals surface area contributed by atoms with Crippen molar-refractivity contribution in [1.82, 2.24) is 0 Å². The Morgan fingerprint density at radius 1 is 1.43 bits per heavy atom. The molecule has 2 aliphatic heterocycles. The highest BCUT2D eigenvalue weighted by Crippen LogP contribution is 2.41. The van der Waals surface area contributed by atoms with Crippen LogP contribution in [0.15, 0.2) is 23.2 Å². The number of aryl methyl sites for hydroxylation is 1. The molecule has 0 N–H and O–H groups in total. The summed E-state index contributed by atoms with van der Waals surface area (Å²) in [5, 5.41) is 0.290. The molecule has 1 aromatic rings. The van der Waals surface area contributed by atoms with Crippen molar-refractivity contribution in [3.8, 4) is 0 Å². The quantitative estimate of drug-likeness (QED) is 0.812. The maximum Gasteiger partial charge on any atom is 0.247 e. The highest BCUT2D eigenvalue weighted by atomic mass is 32.2. The van der Waals surface area contributed by atoms with Crippen LogP contribution in [0.5, 0.6) is 0 Å². The third kappa shape index (κ3) is 3.14. The van der Waals surface area contributed by atoms with Crippen LogP contribution in [0.25, 0.3) is 0 Å². The number of benzene rings is 1. The number of amidine groups is 1. The number of carbonyl (C=O) groups is 1. The number of amides is 1. The molecular formula is C15H17FN2O3S2. The van der Waals surface area contributed by atoms with Gasteiger partial charge in [-0.25, -0.2) is 12.8 Å². The molecule has 5 nitrogen and oxygen atoms in total. The van der Waals surface area contributed by atoms with E-state index in [0.29, 0.717) is 16.4 Å². The van der Waals surface area contributed by atoms with Crippen LogP contribution < -0.4 is 4.90 Å². The minimum absolute atomic E-state index is 0.000498. The molecule has 2 aliphatic rings. The van der Waals surface area contributed by atoms with Crippen molar-refractivity contribution in [3.63, 3.8) is 0 Å². The molecule has 1 aromatic carbocycles. The van der Waals surface area contributed by atoms with Crippen LogP contribution in [-0.2, 0) is 14.6 Å². The van der Waals surface area contributed by atoms with Crippen LogP contribution in [0.3, 0.4) is 0 Å². The molecular weight excluding hydrogens is 339 g/mol. The van der Waals surface area contributed by atoms with Crippen molar-refractivity contribution in [2.75, 3.05) is 16.4 Å². The Hall–Kier alpha value is -1.41. The van der Waals surface area contributed by atoms with Crippen LogP contribution in [0, 0.1) is 12.7 Å². The van der Waals surface area contributed by atoms with Crippen molar-refractivity contribution in [2.45, 2.75) is 31.6 Å². The van der Waals surface area contributed by atoms with E-state index in [1.54, 1.807) is 30.9 Å². The molecule has 124 valence electrons. The van der Waals surface area contributed by atoms with E-state index >= 15 is 0 Å². The summed E-state index contributed by atoms with van der Waals surface area (Å²) in [6.07, 6.45) is 0.272. The van der Waals surface area contributed by atoms with Crippen molar-refractivity contribution < 1.29 is 17.6 Å². The lowest BCUT2D eigenvalue weighted by Gasteiger charge is -2.24. The summed E-state index contributed by atoms with van der Waals surface area (Å²) in [6.45, 7) is 3.38. The zero-order valence-electron chi connectivity index (χ0n) is 12.8. The summed E-state index contributed by atoms with van der Waals surface area (Å²) in [7, 11) is -3.12. The fourth-order valence-electron chi connectivity index (χ4n) is 2.78. The molecule has 2 heterocycles. The molecule has 0 spiro atoms. The molecule has 2 fully saturated rings. The number of thioether (sulfide) groups is 1. The number of aliphatic imine (C=N–C) groups is 1. The number of nitrogens with zero attached hydrogens (tertiary/aromatic N) is 2. The van der Waals surface area contributed by atoms with Gasteiger partial charge in [0.2, 0.25) is 5.91 Å². The highest BCUT2D eigenvalue weighted by molar-refractivity contribution is 8.16. The van der Waals surface area contributed by atoms with Crippen molar-refractivity contribution in [1.29, 1.82) is 0 Å². The molecule has 0 aromatic heterocycles. The zero-order valence-corrected chi connectivity index (χ0v) is 14.5. The molecule has 0 saturated carbocycles. The minimum Gasteiger partial charge on any atom is -0.315 e. The first-order valence-corrected chi connectivity index (χ1v) is 10.0. The van der Waals surface area contributed by atoms with Crippen molar-refractivity contribution in [3.05, 3.63) is 29.6 Å². The molecule has 1 amide bonds. The van der Waals surface area contributed by atoms with E-state index in [1.807, 2.05) is 0 Å². The van der Waals surface area contributed by atoms with Gasteiger partial charge in [-0.05, 0) is 24.6 Å². The Balaban J connectivity index is 2.04. The lowest BCUT2D eigenvalue weighted by molar-refractivity contribution is -0.117. The minimum atomic E-state index is -3.12. The first kappa shape index (κ1) is 16.4. The molecule has 2 saturated heterocycles. The molecule has 0 aliphatic carbocycles. The van der Waals surface area contributed by atoms with Gasteiger partial charge in [-0.2, -0.15) is 4.99 Å². The number of fused-ring (bicyclic) bond motifs is 1. The van der Waals surface area contributed by atoms with Crippen LogP contribution in [0.2, 0.25) is 0 Å². The van der Waals surface area contributed by atoms with E-state index in [9.17, 15) is 17.6 Å². The number of carbonyl (C=O) groups excluding carboxylic acids is 1. The lowest BCUT2D eigenvalue weighted by atomic mass is 10.1. The first-order chi connectivity index (χ1) is 10.8. The zero-order chi connectivity index (χ0) is 16.8. The summed E-state index contributed by atoms with van der Waals surface area (Å²) in [6, 6.07) is 4.44. The average molecular weight is 356 g/mol. The largest absolute Gasteiger partial charge is 0.315 e. The monoisotopic (exact) mass is 356 g/mol. The van der Waals surface area contributed by atoms with Gasteiger partial charge in [-0.3, -0.25) is 4.79 Å². The van der Waals surface area contributed by atoms with E-state index in [1.165, 1.54) is 17.8 Å². The standard InChI is InChI=1S/C15H17FN2O3S2/c1-3-14(19)17-15-18(10-5-4-9(2)11(16)6-10)12-7-23(20,21)8-13(12)22-15/h4-6,12-13H,3,7-8H2,1-2H3/t12-,13+/m0/s1. The summed E-state index contributed by atoms with van der Waals surface area (Å²) < 4.78 is 37.7. The Bertz CT molecular complexity index is 792. The Morgan fingerprint density at radius 2 is 2.17 bits per heavy atom. The van der Waals surface area contributed by atoms with Gasteiger partial charge >= 0.3 is 0 Å². The van der Waals surface area contributed by atoms with Gasteiger partial charge in [-0.1, -0.05) is 24.8 Å². The second-order valence-corrected chi connectivity index (χ2v) is 9.11. The van der Waals surface area contributed by atoms with Gasteiger partial charge < -0.3 is 4.90 Å². The van der Waals surface area contributed by atoms with Crippen LogP contribution in [0.1, 0.15) is 18.9 Å². The summed E-state index contributed by atoms with van der Waals surface area (Å²) in [5.74, 6) is -0.572. The first-order valence-electron chi connectivity index (χ1n) is 7.34. The van der Waals surface area contributed by atoms with E-state index in [4.69, 9.17) is 0 Å². The number of hydrogen-bond acceptors (Lipinski definition) is 4. The fraction of sp³-hybridized carbons (Fsp3) is 0.467. The smallest absolute Gasteiger partial charge is 0.247 e. The van der Waals surface area contributed by atoms with Gasteiger partial charge in [0.1, 0.15) is 5.82 Å². The van der Waals surface area contributed by atoms with Crippen LogP contribution in [-0.4, -0.2) is 42.3 Å². The number of sulfone groups is 1. The topological polar surface area (TPSA) is 66.8 Å². The maximum absolute atomic E-state index is 13.9. The number of rotatable bonds is 2. The number of halogens is 1. The van der Waals surface area contributed by atoms with Gasteiger partial charge in [0.05, 0.1) is 17.5 Å². The van der Waals surface area contributed by atoms with E-state index in [0.717, 1.165) is 0 Å². The highest BCUT2D eigenvalue weighted by Gasteiger charge is 2.49. The third-order valence-electron chi connectivity index (χ3n) is 4.02. The Kier molecular flexibility index (Phi) is 4.22. The summed E-state index contributed by atoms with van der Waals surface area (Å²) >= 11 is 1.29.